The summed E-state index contributed by atoms with van der Waals surface area (Å²) in [4.78, 5) is 11.5. The van der Waals surface area contributed by atoms with Gasteiger partial charge in [0, 0.05) is 26.6 Å². The average Bonchev–Trinajstić information content (AvgIpc) is 2.14. The van der Waals surface area contributed by atoms with Crippen molar-refractivity contribution in [3.05, 3.63) is 26.3 Å². The molecule has 0 bridgehead atoms. The van der Waals surface area contributed by atoms with Crippen LogP contribution in [0.3, 0.4) is 0 Å². The van der Waals surface area contributed by atoms with Crippen molar-refractivity contribution in [2.24, 2.45) is 0 Å². The van der Waals surface area contributed by atoms with Gasteiger partial charge < -0.3 is 10.1 Å². The average molecular weight is 352 g/mol. The van der Waals surface area contributed by atoms with Crippen LogP contribution in [0.1, 0.15) is 12.0 Å². The molecular formula is C6H2BrClF2N2O4S. The number of halogens is 4. The van der Waals surface area contributed by atoms with Crippen LogP contribution >= 0.6 is 26.6 Å². The van der Waals surface area contributed by atoms with Crippen molar-refractivity contribution in [3.8, 4) is 0 Å². The van der Waals surface area contributed by atoms with Crippen molar-refractivity contribution in [1.29, 1.82) is 0 Å². The number of nitro groups is 1. The van der Waals surface area contributed by atoms with Gasteiger partial charge in [0.2, 0.25) is 4.60 Å². The van der Waals surface area contributed by atoms with Crippen LogP contribution in [0.4, 0.5) is 14.6 Å². The SMILES string of the molecule is O=[N+]([O-])c1nc(Br)c(C(F)F)cc1S(=O)(=O)Cl. The van der Waals surface area contributed by atoms with Gasteiger partial charge in [-0.3, -0.25) is 0 Å². The van der Waals surface area contributed by atoms with E-state index in [9.17, 15) is 27.3 Å². The quantitative estimate of drug-likeness (QED) is 0.361. The topological polar surface area (TPSA) is 90.2 Å². The Hall–Kier alpha value is -0.870. The fourth-order valence-electron chi connectivity index (χ4n) is 0.941. The first-order valence-electron chi connectivity index (χ1n) is 3.72. The largest absolute Gasteiger partial charge is 0.384 e. The second-order valence-electron chi connectivity index (χ2n) is 2.69. The van der Waals surface area contributed by atoms with Gasteiger partial charge in [-0.2, -0.15) is 0 Å². The Morgan fingerprint density at radius 3 is 2.41 bits per heavy atom. The van der Waals surface area contributed by atoms with Gasteiger partial charge in [-0.1, -0.05) is 0 Å². The summed E-state index contributed by atoms with van der Waals surface area (Å²) in [6.07, 6.45) is -3.05. The monoisotopic (exact) mass is 350 g/mol. The first-order valence-corrected chi connectivity index (χ1v) is 6.82. The molecule has 6 nitrogen and oxygen atoms in total. The normalized spacial score (nSPS) is 11.8. The lowest BCUT2D eigenvalue weighted by molar-refractivity contribution is -0.392. The molecule has 94 valence electrons. The Bertz CT molecular complexity index is 580. The lowest BCUT2D eigenvalue weighted by Gasteiger charge is -2.03. The third-order valence-electron chi connectivity index (χ3n) is 1.62. The van der Waals surface area contributed by atoms with E-state index in [1.54, 1.807) is 0 Å². The summed E-state index contributed by atoms with van der Waals surface area (Å²) in [6, 6.07) is 0.419. The standard InChI is InChI=1S/C6H2BrClF2N2O4S/c7-4-2(5(9)10)1-3(17(8,15)16)6(11-4)12(13)14/h1,5H. The van der Waals surface area contributed by atoms with Crippen LogP contribution in [0.5, 0.6) is 0 Å². The molecule has 1 heterocycles. The summed E-state index contributed by atoms with van der Waals surface area (Å²) in [5, 5.41) is 10.5. The predicted molar refractivity (Wildman–Crippen MR) is 56.6 cm³/mol. The first kappa shape index (κ1) is 14.2. The number of hydrogen-bond acceptors (Lipinski definition) is 5. The van der Waals surface area contributed by atoms with Crippen molar-refractivity contribution in [3.63, 3.8) is 0 Å². The molecule has 0 N–H and O–H groups in total. The van der Waals surface area contributed by atoms with Crippen molar-refractivity contribution in [2.45, 2.75) is 11.3 Å². The van der Waals surface area contributed by atoms with E-state index in [1.165, 1.54) is 0 Å². The molecule has 1 aromatic heterocycles. The molecule has 0 saturated heterocycles. The number of alkyl halides is 2. The molecule has 0 radical (unpaired) electrons. The molecule has 0 aliphatic heterocycles. The highest BCUT2D eigenvalue weighted by Crippen LogP contribution is 2.33. The van der Waals surface area contributed by atoms with E-state index in [4.69, 9.17) is 10.7 Å². The molecule has 0 unspecified atom stereocenters. The molecule has 0 aliphatic rings. The number of rotatable bonds is 3. The van der Waals surface area contributed by atoms with Gasteiger partial charge in [0.05, 0.1) is 5.56 Å². The lowest BCUT2D eigenvalue weighted by Crippen LogP contribution is -2.04. The fraction of sp³-hybridized carbons (Fsp3) is 0.167. The van der Waals surface area contributed by atoms with Gasteiger partial charge in [-0.15, -0.1) is 0 Å². The maximum absolute atomic E-state index is 12.5. The van der Waals surface area contributed by atoms with E-state index in [1.807, 2.05) is 0 Å². The maximum Gasteiger partial charge on any atom is 0.384 e. The summed E-state index contributed by atoms with van der Waals surface area (Å²) in [7, 11) is 0.367. The van der Waals surface area contributed by atoms with Gasteiger partial charge in [0.25, 0.3) is 15.5 Å². The summed E-state index contributed by atoms with van der Waals surface area (Å²) in [5.74, 6) is -1.11. The minimum atomic E-state index is -4.54. The van der Waals surface area contributed by atoms with Gasteiger partial charge in [-0.05, 0) is 16.0 Å². The minimum Gasteiger partial charge on any atom is -0.358 e. The third kappa shape index (κ3) is 3.07. The number of pyridine rings is 1. The Kier molecular flexibility index (Phi) is 3.99. The zero-order valence-corrected chi connectivity index (χ0v) is 10.8. The molecule has 1 aromatic rings. The minimum absolute atomic E-state index is 0.419. The van der Waals surface area contributed by atoms with E-state index in [-0.39, 0.29) is 0 Å². The van der Waals surface area contributed by atoms with Crippen LogP contribution in [0.25, 0.3) is 0 Å². The Labute approximate surface area is 106 Å². The molecule has 0 atom stereocenters. The Balaban J connectivity index is 3.66. The van der Waals surface area contributed by atoms with Crippen LogP contribution in [-0.4, -0.2) is 18.3 Å². The first-order chi connectivity index (χ1) is 7.64. The summed E-state index contributed by atoms with van der Waals surface area (Å²) in [5.41, 5.74) is -0.796. The van der Waals surface area contributed by atoms with Crippen LogP contribution in [0.15, 0.2) is 15.6 Å². The molecule has 11 heteroatoms. The highest BCUT2D eigenvalue weighted by atomic mass is 79.9. The summed E-state index contributed by atoms with van der Waals surface area (Å²) < 4.78 is 46.4. The third-order valence-corrected chi connectivity index (χ3v) is 3.58. The highest BCUT2D eigenvalue weighted by molar-refractivity contribution is 9.10. The van der Waals surface area contributed by atoms with Crippen molar-refractivity contribution in [2.75, 3.05) is 0 Å². The zero-order valence-electron chi connectivity index (χ0n) is 7.60. The highest BCUT2D eigenvalue weighted by Gasteiger charge is 2.31. The van der Waals surface area contributed by atoms with Gasteiger partial charge in [0.1, 0.15) is 0 Å². The molecule has 17 heavy (non-hydrogen) atoms. The fourth-order valence-corrected chi connectivity index (χ4v) is 2.34. The van der Waals surface area contributed by atoms with Crippen LogP contribution in [0.2, 0.25) is 0 Å². The van der Waals surface area contributed by atoms with Crippen LogP contribution in [-0.2, 0) is 9.05 Å². The van der Waals surface area contributed by atoms with Gasteiger partial charge in [0.15, 0.2) is 4.90 Å². The van der Waals surface area contributed by atoms with Gasteiger partial charge >= 0.3 is 5.82 Å². The summed E-state index contributed by atoms with van der Waals surface area (Å²) in [6.45, 7) is 0. The van der Waals surface area contributed by atoms with E-state index in [0.717, 1.165) is 0 Å². The molecular weight excluding hydrogens is 349 g/mol. The van der Waals surface area contributed by atoms with Crippen molar-refractivity contribution >= 4 is 41.5 Å². The smallest absolute Gasteiger partial charge is 0.358 e. The molecule has 0 saturated carbocycles. The predicted octanol–water partition coefficient (Wildman–Crippen LogP) is 2.62. The second-order valence-corrected chi connectivity index (χ2v) is 5.97. The molecule has 1 rings (SSSR count). The maximum atomic E-state index is 12.5. The Morgan fingerprint density at radius 2 is 2.06 bits per heavy atom. The molecule has 0 aliphatic carbocycles. The van der Waals surface area contributed by atoms with Crippen LogP contribution in [0, 0.1) is 10.1 Å². The Morgan fingerprint density at radius 1 is 1.53 bits per heavy atom. The van der Waals surface area contributed by atoms with E-state index in [2.05, 4.69) is 20.9 Å². The summed E-state index contributed by atoms with van der Waals surface area (Å²) >= 11 is 2.58. The van der Waals surface area contributed by atoms with E-state index in [0.29, 0.717) is 6.07 Å². The number of nitrogens with zero attached hydrogens (tertiary/aromatic N) is 2. The zero-order chi connectivity index (χ0) is 13.4. The number of hydrogen-bond donors (Lipinski definition) is 0. The molecule has 0 fully saturated rings. The second kappa shape index (κ2) is 4.78. The van der Waals surface area contributed by atoms with E-state index >= 15 is 0 Å². The van der Waals surface area contributed by atoms with E-state index < -0.39 is 41.3 Å². The van der Waals surface area contributed by atoms with Gasteiger partial charge in [-0.25, -0.2) is 17.2 Å². The van der Waals surface area contributed by atoms with Crippen molar-refractivity contribution < 1.29 is 22.1 Å². The molecule has 0 spiro atoms. The molecule has 0 amide bonds. The lowest BCUT2D eigenvalue weighted by atomic mass is 10.3. The van der Waals surface area contributed by atoms with Crippen LogP contribution < -0.4 is 0 Å². The number of aromatic nitrogens is 1. The van der Waals surface area contributed by atoms with Crippen molar-refractivity contribution in [1.82, 2.24) is 4.98 Å². The molecule has 0 aromatic carbocycles.